The van der Waals surface area contributed by atoms with Crippen LogP contribution in [0.2, 0.25) is 0 Å². The van der Waals surface area contributed by atoms with Crippen molar-refractivity contribution < 1.29 is 14.3 Å². The number of hydrogen-bond acceptors (Lipinski definition) is 3. The Morgan fingerprint density at radius 1 is 1.37 bits per heavy atom. The number of hydrogen-bond donors (Lipinski definition) is 1. The molecule has 0 radical (unpaired) electrons. The first kappa shape index (κ1) is 14.1. The van der Waals surface area contributed by atoms with E-state index in [1.807, 2.05) is 0 Å². The van der Waals surface area contributed by atoms with Gasteiger partial charge in [0.25, 0.3) is 0 Å². The number of esters is 1. The van der Waals surface area contributed by atoms with E-state index < -0.39 is 5.97 Å². The molecule has 2 aliphatic rings. The lowest BCUT2D eigenvalue weighted by Gasteiger charge is -2.26. The number of carbonyl (C=O) groups is 2. The van der Waals surface area contributed by atoms with Crippen LogP contribution in [0.3, 0.4) is 0 Å². The number of amides is 1. The second-order valence-electron chi connectivity index (χ2n) is 6.09. The van der Waals surface area contributed by atoms with Crippen molar-refractivity contribution in [2.75, 3.05) is 13.2 Å². The molecule has 2 bridgehead atoms. The van der Waals surface area contributed by atoms with E-state index in [4.69, 9.17) is 4.74 Å². The molecule has 0 aromatic heterocycles. The predicted octanol–water partition coefficient (Wildman–Crippen LogP) is 2.19. The highest BCUT2D eigenvalue weighted by molar-refractivity contribution is 5.87. The smallest absolute Gasteiger partial charge is 0.333 e. The van der Waals surface area contributed by atoms with Crippen LogP contribution >= 0.6 is 0 Å². The van der Waals surface area contributed by atoms with Gasteiger partial charge in [-0.3, -0.25) is 4.79 Å². The summed E-state index contributed by atoms with van der Waals surface area (Å²) in [5.74, 6) is 0.438. The monoisotopic (exact) mass is 265 g/mol. The summed E-state index contributed by atoms with van der Waals surface area (Å²) in [6.45, 7) is 6.01. The van der Waals surface area contributed by atoms with Gasteiger partial charge in [-0.1, -0.05) is 6.58 Å². The highest BCUT2D eigenvalue weighted by atomic mass is 16.5. The molecule has 2 aliphatic carbocycles. The zero-order valence-corrected chi connectivity index (χ0v) is 11.7. The van der Waals surface area contributed by atoms with Crippen molar-refractivity contribution in [3.8, 4) is 0 Å². The van der Waals surface area contributed by atoms with Crippen LogP contribution in [-0.4, -0.2) is 25.0 Å². The Balaban J connectivity index is 1.62. The van der Waals surface area contributed by atoms with Gasteiger partial charge in [-0.05, 0) is 50.4 Å². The van der Waals surface area contributed by atoms with Gasteiger partial charge in [-0.2, -0.15) is 0 Å². The van der Waals surface area contributed by atoms with Crippen LogP contribution in [0.25, 0.3) is 0 Å². The summed E-state index contributed by atoms with van der Waals surface area (Å²) in [5.41, 5.74) is 0.733. The van der Waals surface area contributed by atoms with E-state index in [-0.39, 0.29) is 18.9 Å². The number of rotatable bonds is 6. The van der Waals surface area contributed by atoms with E-state index in [0.717, 1.165) is 12.5 Å². The summed E-state index contributed by atoms with van der Waals surface area (Å²) in [5, 5.41) is 2.99. The second-order valence-corrected chi connectivity index (χ2v) is 6.09. The van der Waals surface area contributed by atoms with Gasteiger partial charge in [0, 0.05) is 12.1 Å². The third-order valence-electron chi connectivity index (χ3n) is 4.46. The molecule has 2 rings (SSSR count). The quantitative estimate of drug-likeness (QED) is 0.591. The van der Waals surface area contributed by atoms with Crippen LogP contribution in [0.1, 0.15) is 45.4 Å². The molecule has 0 unspecified atom stereocenters. The number of nitrogens with one attached hydrogen (secondary N) is 1. The molecule has 106 valence electrons. The fourth-order valence-corrected chi connectivity index (χ4v) is 3.29. The molecule has 0 aromatic carbocycles. The molecule has 0 aliphatic heterocycles. The Labute approximate surface area is 114 Å². The van der Waals surface area contributed by atoms with E-state index in [9.17, 15) is 9.59 Å². The minimum Gasteiger partial charge on any atom is -0.462 e. The SMILES string of the molecule is C=C(C)C(=O)OCCC(=O)NCC12CCC(CC1)C2. The highest BCUT2D eigenvalue weighted by Gasteiger charge is 2.44. The summed E-state index contributed by atoms with van der Waals surface area (Å²) < 4.78 is 4.91. The zero-order valence-electron chi connectivity index (χ0n) is 11.7. The topological polar surface area (TPSA) is 55.4 Å². The molecular formula is C15H23NO3. The van der Waals surface area contributed by atoms with E-state index in [1.54, 1.807) is 6.92 Å². The molecule has 0 saturated heterocycles. The predicted molar refractivity (Wildman–Crippen MR) is 72.4 cm³/mol. The van der Waals surface area contributed by atoms with Gasteiger partial charge in [-0.25, -0.2) is 4.79 Å². The van der Waals surface area contributed by atoms with Gasteiger partial charge in [-0.15, -0.1) is 0 Å². The summed E-state index contributed by atoms with van der Waals surface area (Å²) in [4.78, 5) is 22.8. The highest BCUT2D eigenvalue weighted by Crippen LogP contribution is 2.53. The van der Waals surface area contributed by atoms with Crippen LogP contribution < -0.4 is 5.32 Å². The van der Waals surface area contributed by atoms with Crippen molar-refractivity contribution in [3.05, 3.63) is 12.2 Å². The fourth-order valence-electron chi connectivity index (χ4n) is 3.29. The third kappa shape index (κ3) is 3.58. The molecule has 1 N–H and O–H groups in total. The maximum Gasteiger partial charge on any atom is 0.333 e. The van der Waals surface area contributed by atoms with Crippen molar-refractivity contribution in [3.63, 3.8) is 0 Å². The molecule has 19 heavy (non-hydrogen) atoms. The minimum absolute atomic E-state index is 0.0285. The average Bonchev–Trinajstić information content (AvgIpc) is 2.97. The number of ether oxygens (including phenoxy) is 1. The van der Waals surface area contributed by atoms with Crippen molar-refractivity contribution >= 4 is 11.9 Å². The van der Waals surface area contributed by atoms with Crippen LogP contribution in [0.5, 0.6) is 0 Å². The van der Waals surface area contributed by atoms with Gasteiger partial charge in [0.1, 0.15) is 6.61 Å². The summed E-state index contributed by atoms with van der Waals surface area (Å²) in [6, 6.07) is 0. The molecule has 0 spiro atoms. The minimum atomic E-state index is -0.430. The molecule has 2 saturated carbocycles. The van der Waals surface area contributed by atoms with E-state index >= 15 is 0 Å². The molecule has 1 amide bonds. The van der Waals surface area contributed by atoms with Crippen molar-refractivity contribution in [1.29, 1.82) is 0 Å². The lowest BCUT2D eigenvalue weighted by molar-refractivity contribution is -0.139. The zero-order chi connectivity index (χ0) is 13.9. The van der Waals surface area contributed by atoms with Crippen molar-refractivity contribution in [2.45, 2.75) is 45.4 Å². The summed E-state index contributed by atoms with van der Waals surface area (Å²) in [7, 11) is 0. The first-order valence-corrected chi connectivity index (χ1v) is 7.10. The van der Waals surface area contributed by atoms with Gasteiger partial charge < -0.3 is 10.1 Å². The van der Waals surface area contributed by atoms with E-state index in [2.05, 4.69) is 11.9 Å². The first-order chi connectivity index (χ1) is 9.01. The molecular weight excluding hydrogens is 242 g/mol. The van der Waals surface area contributed by atoms with Crippen molar-refractivity contribution in [2.24, 2.45) is 11.3 Å². The maximum atomic E-state index is 11.7. The largest absolute Gasteiger partial charge is 0.462 e. The van der Waals surface area contributed by atoms with Crippen LogP contribution in [-0.2, 0) is 14.3 Å². The van der Waals surface area contributed by atoms with Gasteiger partial charge in [0.05, 0.1) is 6.42 Å². The van der Waals surface area contributed by atoms with Gasteiger partial charge >= 0.3 is 5.97 Å². The third-order valence-corrected chi connectivity index (χ3v) is 4.46. The summed E-state index contributed by atoms with van der Waals surface area (Å²) >= 11 is 0. The normalized spacial score (nSPS) is 28.2. The Morgan fingerprint density at radius 2 is 2.05 bits per heavy atom. The molecule has 0 atom stereocenters. The lowest BCUT2D eigenvalue weighted by Crippen LogP contribution is -2.35. The molecule has 0 heterocycles. The first-order valence-electron chi connectivity index (χ1n) is 7.10. The Kier molecular flexibility index (Phi) is 4.27. The average molecular weight is 265 g/mol. The Bertz CT molecular complexity index is 381. The fraction of sp³-hybridized carbons (Fsp3) is 0.733. The van der Waals surface area contributed by atoms with Crippen LogP contribution in [0.15, 0.2) is 12.2 Å². The van der Waals surface area contributed by atoms with Crippen molar-refractivity contribution in [1.82, 2.24) is 5.32 Å². The van der Waals surface area contributed by atoms with Crippen LogP contribution in [0.4, 0.5) is 0 Å². The Morgan fingerprint density at radius 3 is 2.58 bits per heavy atom. The second kappa shape index (κ2) is 5.76. The van der Waals surface area contributed by atoms with Crippen LogP contribution in [0, 0.1) is 11.3 Å². The molecule has 0 aromatic rings. The van der Waals surface area contributed by atoms with Gasteiger partial charge in [0.2, 0.25) is 5.91 Å². The maximum absolute atomic E-state index is 11.7. The number of fused-ring (bicyclic) bond motifs is 2. The standard InChI is InChI=1S/C15H23NO3/c1-11(2)14(18)19-8-5-13(17)16-10-15-6-3-12(9-15)4-7-15/h12H,1,3-10H2,2H3,(H,16,17). The van der Waals surface area contributed by atoms with E-state index in [0.29, 0.717) is 11.0 Å². The lowest BCUT2D eigenvalue weighted by atomic mass is 9.84. The van der Waals surface area contributed by atoms with E-state index in [1.165, 1.54) is 32.1 Å². The number of carbonyl (C=O) groups excluding carboxylic acids is 2. The molecule has 4 heteroatoms. The molecule has 2 fully saturated rings. The van der Waals surface area contributed by atoms with Gasteiger partial charge in [0.15, 0.2) is 0 Å². The summed E-state index contributed by atoms with van der Waals surface area (Å²) in [6.07, 6.45) is 6.67. The molecule has 4 nitrogen and oxygen atoms in total. The Hall–Kier alpha value is -1.32.